The minimum Gasteiger partial charge on any atom is -0.342 e. The number of amides is 1. The highest BCUT2D eigenvalue weighted by atomic mass is 32.2. The SMILES string of the molecule is CC(Sc1nnc2n(C)c(=O)c3ccccc3n12)C(=O)N1CCC(Cc2ccccc2)CC1. The van der Waals surface area contributed by atoms with Gasteiger partial charge in [-0.15, -0.1) is 10.2 Å². The Kier molecular flexibility index (Phi) is 5.93. The zero-order chi connectivity index (χ0) is 22.9. The third-order valence-electron chi connectivity index (χ3n) is 6.52. The van der Waals surface area contributed by atoms with Crippen LogP contribution in [0.2, 0.25) is 0 Å². The molecule has 1 saturated heterocycles. The summed E-state index contributed by atoms with van der Waals surface area (Å²) in [5.74, 6) is 1.22. The fourth-order valence-electron chi connectivity index (χ4n) is 4.66. The average molecular weight is 462 g/mol. The number of para-hydroxylation sites is 1. The van der Waals surface area contributed by atoms with E-state index < -0.39 is 0 Å². The second-order valence-corrected chi connectivity index (χ2v) is 10.0. The standard InChI is InChI=1S/C25H27N5O2S/c1-17(22(31)29-14-12-19(13-15-29)16-18-8-4-3-5-9-18)33-25-27-26-24-28(2)23(32)20-10-6-7-11-21(20)30(24)25/h3-11,17,19H,12-16H2,1-2H3. The maximum Gasteiger partial charge on any atom is 0.262 e. The van der Waals surface area contributed by atoms with Gasteiger partial charge in [-0.25, -0.2) is 0 Å². The Hall–Kier alpha value is -3.13. The van der Waals surface area contributed by atoms with Gasteiger partial charge in [0.25, 0.3) is 5.56 Å². The first-order chi connectivity index (χ1) is 16.0. The van der Waals surface area contributed by atoms with Gasteiger partial charge in [0.05, 0.1) is 16.2 Å². The molecule has 2 aromatic carbocycles. The molecule has 1 aliphatic heterocycles. The summed E-state index contributed by atoms with van der Waals surface area (Å²) in [5, 5.41) is 9.49. The van der Waals surface area contributed by atoms with Crippen LogP contribution in [0.25, 0.3) is 16.7 Å². The minimum absolute atomic E-state index is 0.107. The Morgan fingerprint density at radius 3 is 2.52 bits per heavy atom. The Labute approximate surface area is 196 Å². The van der Waals surface area contributed by atoms with E-state index in [1.807, 2.05) is 40.5 Å². The number of aryl methyl sites for hydroxylation is 1. The molecule has 3 heterocycles. The number of thioether (sulfide) groups is 1. The van der Waals surface area contributed by atoms with Gasteiger partial charge in [0.2, 0.25) is 11.7 Å². The maximum atomic E-state index is 13.2. The van der Waals surface area contributed by atoms with Crippen molar-refractivity contribution in [3.63, 3.8) is 0 Å². The van der Waals surface area contributed by atoms with E-state index in [9.17, 15) is 9.59 Å². The lowest BCUT2D eigenvalue weighted by Crippen LogP contribution is -2.42. The fraction of sp³-hybridized carbons (Fsp3) is 0.360. The molecule has 2 aromatic heterocycles. The lowest BCUT2D eigenvalue weighted by atomic mass is 9.90. The van der Waals surface area contributed by atoms with Crippen LogP contribution in [0.15, 0.2) is 64.5 Å². The number of aromatic nitrogens is 4. The summed E-state index contributed by atoms with van der Waals surface area (Å²) in [5.41, 5.74) is 2.01. The molecule has 0 spiro atoms. The van der Waals surface area contributed by atoms with E-state index in [0.29, 0.717) is 22.2 Å². The van der Waals surface area contributed by atoms with Crippen LogP contribution in [0.5, 0.6) is 0 Å². The molecule has 0 radical (unpaired) electrons. The lowest BCUT2D eigenvalue weighted by molar-refractivity contribution is -0.131. The molecular weight excluding hydrogens is 434 g/mol. The first-order valence-corrected chi connectivity index (χ1v) is 12.2. The monoisotopic (exact) mass is 461 g/mol. The number of piperidine rings is 1. The Bertz CT molecular complexity index is 1360. The molecule has 1 aliphatic rings. The molecule has 1 atom stereocenters. The van der Waals surface area contributed by atoms with Gasteiger partial charge in [-0.05, 0) is 49.8 Å². The van der Waals surface area contributed by atoms with Gasteiger partial charge >= 0.3 is 0 Å². The van der Waals surface area contributed by atoms with E-state index >= 15 is 0 Å². The van der Waals surface area contributed by atoms with Crippen LogP contribution in [-0.4, -0.2) is 48.3 Å². The van der Waals surface area contributed by atoms with Crippen molar-refractivity contribution in [3.8, 4) is 0 Å². The van der Waals surface area contributed by atoms with E-state index in [4.69, 9.17) is 0 Å². The van der Waals surface area contributed by atoms with Gasteiger partial charge in [0.15, 0.2) is 5.16 Å². The van der Waals surface area contributed by atoms with Crippen molar-refractivity contribution >= 4 is 34.3 Å². The lowest BCUT2D eigenvalue weighted by Gasteiger charge is -2.33. The second kappa shape index (κ2) is 9.02. The first kappa shape index (κ1) is 21.7. The summed E-state index contributed by atoms with van der Waals surface area (Å²) in [4.78, 5) is 27.8. The second-order valence-electron chi connectivity index (χ2n) is 8.72. The number of carbonyl (C=O) groups is 1. The third kappa shape index (κ3) is 4.15. The maximum absolute atomic E-state index is 13.2. The predicted molar refractivity (Wildman–Crippen MR) is 131 cm³/mol. The van der Waals surface area contributed by atoms with Crippen molar-refractivity contribution in [1.82, 2.24) is 24.1 Å². The van der Waals surface area contributed by atoms with Gasteiger partial charge < -0.3 is 4.90 Å². The van der Waals surface area contributed by atoms with E-state index in [1.165, 1.54) is 21.9 Å². The first-order valence-electron chi connectivity index (χ1n) is 11.3. The Morgan fingerprint density at radius 1 is 1.06 bits per heavy atom. The number of benzene rings is 2. The van der Waals surface area contributed by atoms with Gasteiger partial charge in [-0.1, -0.05) is 54.2 Å². The number of rotatable bonds is 5. The van der Waals surface area contributed by atoms with E-state index in [0.717, 1.165) is 37.9 Å². The van der Waals surface area contributed by atoms with Crippen molar-refractivity contribution in [2.45, 2.75) is 36.6 Å². The molecule has 0 bridgehead atoms. The molecule has 4 aromatic rings. The van der Waals surface area contributed by atoms with Gasteiger partial charge in [-0.2, -0.15) is 0 Å². The summed E-state index contributed by atoms with van der Waals surface area (Å²) >= 11 is 1.40. The molecule has 7 nitrogen and oxygen atoms in total. The van der Waals surface area contributed by atoms with E-state index in [-0.39, 0.29) is 16.7 Å². The van der Waals surface area contributed by atoms with Gasteiger partial charge in [-0.3, -0.25) is 18.6 Å². The summed E-state index contributed by atoms with van der Waals surface area (Å²) in [6.45, 7) is 3.51. The molecule has 170 valence electrons. The molecular formula is C25H27N5O2S. The summed E-state index contributed by atoms with van der Waals surface area (Å²) < 4.78 is 3.38. The van der Waals surface area contributed by atoms with E-state index in [2.05, 4.69) is 34.5 Å². The summed E-state index contributed by atoms with van der Waals surface area (Å²) in [6, 6.07) is 18.0. The predicted octanol–water partition coefficient (Wildman–Crippen LogP) is 3.54. The number of hydrogen-bond acceptors (Lipinski definition) is 5. The third-order valence-corrected chi connectivity index (χ3v) is 7.55. The smallest absolute Gasteiger partial charge is 0.262 e. The quantitative estimate of drug-likeness (QED) is 0.425. The molecule has 1 amide bonds. The number of nitrogens with zero attached hydrogens (tertiary/aromatic N) is 5. The van der Waals surface area contributed by atoms with Crippen LogP contribution < -0.4 is 5.56 Å². The molecule has 0 aliphatic carbocycles. The molecule has 8 heteroatoms. The highest BCUT2D eigenvalue weighted by Gasteiger charge is 2.28. The Morgan fingerprint density at radius 2 is 1.76 bits per heavy atom. The average Bonchev–Trinajstić information content (AvgIpc) is 3.27. The summed E-state index contributed by atoms with van der Waals surface area (Å²) in [7, 11) is 1.70. The molecule has 1 fully saturated rings. The van der Waals surface area contributed by atoms with E-state index in [1.54, 1.807) is 13.1 Å². The van der Waals surface area contributed by atoms with Crippen LogP contribution in [0.1, 0.15) is 25.3 Å². The largest absolute Gasteiger partial charge is 0.342 e. The van der Waals surface area contributed by atoms with Crippen molar-refractivity contribution in [1.29, 1.82) is 0 Å². The van der Waals surface area contributed by atoms with Crippen molar-refractivity contribution < 1.29 is 4.79 Å². The number of hydrogen-bond donors (Lipinski definition) is 0. The molecule has 33 heavy (non-hydrogen) atoms. The highest BCUT2D eigenvalue weighted by molar-refractivity contribution is 8.00. The van der Waals surface area contributed by atoms with Crippen molar-refractivity contribution in [2.24, 2.45) is 13.0 Å². The highest BCUT2D eigenvalue weighted by Crippen LogP contribution is 2.28. The fourth-order valence-corrected chi connectivity index (χ4v) is 5.60. The number of likely N-dealkylation sites (tertiary alicyclic amines) is 1. The molecule has 5 rings (SSSR count). The summed E-state index contributed by atoms with van der Waals surface area (Å²) in [6.07, 6.45) is 3.13. The molecule has 0 N–H and O–H groups in total. The number of carbonyl (C=O) groups excluding carboxylic acids is 1. The van der Waals surface area contributed by atoms with Crippen LogP contribution in [0, 0.1) is 5.92 Å². The topological polar surface area (TPSA) is 72.5 Å². The zero-order valence-corrected chi connectivity index (χ0v) is 19.7. The zero-order valence-electron chi connectivity index (χ0n) is 18.8. The molecule has 0 saturated carbocycles. The molecule has 1 unspecified atom stereocenters. The Balaban J connectivity index is 1.30. The van der Waals surface area contributed by atoms with Crippen molar-refractivity contribution in [3.05, 3.63) is 70.5 Å². The minimum atomic E-state index is -0.293. The van der Waals surface area contributed by atoms with Crippen LogP contribution in [0.3, 0.4) is 0 Å². The number of fused-ring (bicyclic) bond motifs is 3. The van der Waals surface area contributed by atoms with Gasteiger partial charge in [0, 0.05) is 20.1 Å². The van der Waals surface area contributed by atoms with Gasteiger partial charge in [0.1, 0.15) is 0 Å². The normalized spacial score (nSPS) is 15.9. The van der Waals surface area contributed by atoms with Crippen LogP contribution in [-0.2, 0) is 18.3 Å². The van der Waals surface area contributed by atoms with Crippen LogP contribution in [0.4, 0.5) is 0 Å². The van der Waals surface area contributed by atoms with Crippen LogP contribution >= 0.6 is 11.8 Å². The van der Waals surface area contributed by atoms with Crippen molar-refractivity contribution in [2.75, 3.05) is 13.1 Å².